The van der Waals surface area contributed by atoms with Crippen molar-refractivity contribution >= 4 is 10.9 Å². The van der Waals surface area contributed by atoms with E-state index in [9.17, 15) is 9.18 Å². The van der Waals surface area contributed by atoms with Gasteiger partial charge in [-0.1, -0.05) is 38.1 Å². The van der Waals surface area contributed by atoms with Crippen molar-refractivity contribution in [3.8, 4) is 17.2 Å². The number of hydrogen-bond donors (Lipinski definition) is 1. The molecule has 216 valence electrons. The number of ether oxygens (including phenoxy) is 3. The lowest BCUT2D eigenvalue weighted by atomic mass is 9.99. The van der Waals surface area contributed by atoms with Crippen molar-refractivity contribution in [2.45, 2.75) is 39.5 Å². The van der Waals surface area contributed by atoms with Crippen LogP contribution in [0.3, 0.4) is 0 Å². The monoisotopic (exact) mass is 570 g/mol. The SMILES string of the molecule is COc1ccc(Cn2nnnc2[C@H](C(C)C)N(Cc2ccc(F)cc2)Cc2cc3cc4c(cc3[nH]c2=O)OCO4)cc1. The number of aromatic nitrogens is 5. The van der Waals surface area contributed by atoms with Crippen molar-refractivity contribution in [3.63, 3.8) is 0 Å². The highest BCUT2D eigenvalue weighted by Crippen LogP contribution is 2.36. The number of H-pyrrole nitrogens is 1. The second-order valence-electron chi connectivity index (χ2n) is 10.7. The van der Waals surface area contributed by atoms with Gasteiger partial charge < -0.3 is 19.2 Å². The van der Waals surface area contributed by atoms with Crippen LogP contribution in [-0.2, 0) is 19.6 Å². The Balaban J connectivity index is 1.38. The van der Waals surface area contributed by atoms with Crippen LogP contribution >= 0.6 is 0 Å². The molecule has 6 rings (SSSR count). The molecule has 3 aromatic carbocycles. The zero-order valence-electron chi connectivity index (χ0n) is 23.6. The molecule has 3 heterocycles. The molecule has 0 spiro atoms. The fourth-order valence-electron chi connectivity index (χ4n) is 5.38. The maximum atomic E-state index is 13.8. The molecular weight excluding hydrogens is 539 g/mol. The molecule has 5 aromatic rings. The molecule has 0 unspecified atom stereocenters. The Bertz CT molecular complexity index is 1750. The van der Waals surface area contributed by atoms with Crippen molar-refractivity contribution in [2.75, 3.05) is 13.9 Å². The van der Waals surface area contributed by atoms with E-state index in [1.807, 2.05) is 36.4 Å². The minimum absolute atomic E-state index is 0.0689. The molecule has 0 fully saturated rings. The number of nitrogens with one attached hydrogen (secondary N) is 1. The summed E-state index contributed by atoms with van der Waals surface area (Å²) in [4.78, 5) is 18.5. The molecule has 1 N–H and O–H groups in total. The number of rotatable bonds is 10. The summed E-state index contributed by atoms with van der Waals surface area (Å²) in [6, 6.07) is 19.4. The van der Waals surface area contributed by atoms with E-state index in [4.69, 9.17) is 14.2 Å². The summed E-state index contributed by atoms with van der Waals surface area (Å²) in [6.07, 6.45) is 0. The lowest BCUT2D eigenvalue weighted by Gasteiger charge is -2.33. The van der Waals surface area contributed by atoms with Crippen LogP contribution in [0.4, 0.5) is 4.39 Å². The average Bonchev–Trinajstić information content (AvgIpc) is 3.63. The zero-order chi connectivity index (χ0) is 29.2. The minimum Gasteiger partial charge on any atom is -0.497 e. The largest absolute Gasteiger partial charge is 0.497 e. The van der Waals surface area contributed by atoms with Gasteiger partial charge >= 0.3 is 0 Å². The van der Waals surface area contributed by atoms with Gasteiger partial charge in [0.05, 0.1) is 25.2 Å². The summed E-state index contributed by atoms with van der Waals surface area (Å²) in [5.41, 5.74) is 2.95. The Kier molecular flexibility index (Phi) is 7.58. The van der Waals surface area contributed by atoms with Gasteiger partial charge in [-0.3, -0.25) is 9.69 Å². The van der Waals surface area contributed by atoms with Crippen molar-refractivity contribution in [3.05, 3.63) is 105 Å². The number of halogens is 1. The predicted octanol–water partition coefficient (Wildman–Crippen LogP) is 4.84. The second kappa shape index (κ2) is 11.6. The molecule has 1 aliphatic heterocycles. The molecule has 10 nitrogen and oxygen atoms in total. The minimum atomic E-state index is -0.307. The van der Waals surface area contributed by atoms with Gasteiger partial charge in [0, 0.05) is 30.1 Å². The average molecular weight is 571 g/mol. The number of aromatic amines is 1. The van der Waals surface area contributed by atoms with Crippen LogP contribution in [0.5, 0.6) is 17.2 Å². The number of methoxy groups -OCH3 is 1. The molecule has 1 atom stereocenters. The lowest BCUT2D eigenvalue weighted by molar-refractivity contribution is 0.126. The summed E-state index contributed by atoms with van der Waals surface area (Å²) in [5, 5.41) is 13.6. The van der Waals surface area contributed by atoms with E-state index >= 15 is 0 Å². The van der Waals surface area contributed by atoms with E-state index in [-0.39, 0.29) is 30.1 Å². The molecule has 0 amide bonds. The van der Waals surface area contributed by atoms with Crippen molar-refractivity contribution in [2.24, 2.45) is 5.92 Å². The van der Waals surface area contributed by atoms with Gasteiger partial charge in [-0.15, -0.1) is 5.10 Å². The summed E-state index contributed by atoms with van der Waals surface area (Å²) in [6.45, 7) is 5.55. The molecule has 0 aliphatic carbocycles. The molecule has 0 bridgehead atoms. The van der Waals surface area contributed by atoms with Crippen LogP contribution in [0.25, 0.3) is 10.9 Å². The van der Waals surface area contributed by atoms with Gasteiger partial charge in [-0.25, -0.2) is 9.07 Å². The number of pyridine rings is 1. The molecule has 0 radical (unpaired) electrons. The van der Waals surface area contributed by atoms with Gasteiger partial charge in [-0.2, -0.15) is 0 Å². The number of tetrazole rings is 1. The molecular formula is C31H31FN6O4. The van der Waals surface area contributed by atoms with Crippen LogP contribution in [-0.4, -0.2) is 44.0 Å². The van der Waals surface area contributed by atoms with E-state index < -0.39 is 0 Å². The van der Waals surface area contributed by atoms with E-state index in [2.05, 4.69) is 39.3 Å². The number of fused-ring (bicyclic) bond motifs is 2. The first-order valence-corrected chi connectivity index (χ1v) is 13.7. The first-order chi connectivity index (χ1) is 20.4. The van der Waals surface area contributed by atoms with E-state index in [1.165, 1.54) is 12.1 Å². The van der Waals surface area contributed by atoms with Gasteiger partial charge in [0.25, 0.3) is 5.56 Å². The smallest absolute Gasteiger partial charge is 0.252 e. The van der Waals surface area contributed by atoms with Gasteiger partial charge in [-0.05, 0) is 63.9 Å². The zero-order valence-corrected chi connectivity index (χ0v) is 23.6. The summed E-state index contributed by atoms with van der Waals surface area (Å²) in [5.74, 6) is 2.45. The normalized spacial score (nSPS) is 13.3. The number of benzene rings is 3. The van der Waals surface area contributed by atoms with E-state index in [0.717, 1.165) is 22.3 Å². The lowest BCUT2D eigenvalue weighted by Crippen LogP contribution is -2.35. The molecule has 42 heavy (non-hydrogen) atoms. The molecule has 0 saturated carbocycles. The topological polar surface area (TPSA) is 107 Å². The summed E-state index contributed by atoms with van der Waals surface area (Å²) >= 11 is 0. The molecule has 2 aromatic heterocycles. The standard InChI is InChI=1S/C31H31FN6O4/c1-19(2)29(30-34-35-36-38(30)16-21-6-10-25(40-3)11-7-21)37(15-20-4-8-24(32)9-5-20)17-23-12-22-13-27-28(42-18-41-27)14-26(22)33-31(23)39/h4-14,19,29H,15-18H2,1-3H3,(H,33,39)/t29-/m0/s1. The van der Waals surface area contributed by atoms with Crippen LogP contribution in [0.1, 0.15) is 42.4 Å². The maximum absolute atomic E-state index is 13.8. The Morgan fingerprint density at radius 1 is 1.00 bits per heavy atom. The third-order valence-electron chi connectivity index (χ3n) is 7.43. The first kappa shape index (κ1) is 27.4. The number of hydrogen-bond acceptors (Lipinski definition) is 8. The van der Waals surface area contributed by atoms with Crippen LogP contribution < -0.4 is 19.8 Å². The molecule has 0 saturated heterocycles. The quantitative estimate of drug-likeness (QED) is 0.254. The van der Waals surface area contributed by atoms with Crippen LogP contribution in [0.15, 0.2) is 71.5 Å². The predicted molar refractivity (Wildman–Crippen MR) is 154 cm³/mol. The molecule has 1 aliphatic rings. The van der Waals surface area contributed by atoms with Crippen molar-refractivity contribution in [1.82, 2.24) is 30.1 Å². The van der Waals surface area contributed by atoms with Gasteiger partial charge in [0.15, 0.2) is 17.3 Å². The Hall–Kier alpha value is -4.77. The van der Waals surface area contributed by atoms with E-state index in [1.54, 1.807) is 30.0 Å². The summed E-state index contributed by atoms with van der Waals surface area (Å²) in [7, 11) is 1.63. The van der Waals surface area contributed by atoms with Gasteiger partial charge in [0.1, 0.15) is 11.6 Å². The Morgan fingerprint density at radius 3 is 2.43 bits per heavy atom. The fraction of sp³-hybridized carbons (Fsp3) is 0.290. The van der Waals surface area contributed by atoms with E-state index in [0.29, 0.717) is 48.0 Å². The Morgan fingerprint density at radius 2 is 1.71 bits per heavy atom. The third kappa shape index (κ3) is 5.68. The number of nitrogens with zero attached hydrogens (tertiary/aromatic N) is 5. The summed E-state index contributed by atoms with van der Waals surface area (Å²) < 4.78 is 31.9. The highest BCUT2D eigenvalue weighted by atomic mass is 19.1. The first-order valence-electron chi connectivity index (χ1n) is 13.7. The Labute approximate surface area is 241 Å². The maximum Gasteiger partial charge on any atom is 0.252 e. The fourth-order valence-corrected chi connectivity index (χ4v) is 5.38. The highest BCUT2D eigenvalue weighted by molar-refractivity contribution is 5.83. The second-order valence-corrected chi connectivity index (χ2v) is 10.7. The van der Waals surface area contributed by atoms with Crippen LogP contribution in [0.2, 0.25) is 0 Å². The van der Waals surface area contributed by atoms with Crippen molar-refractivity contribution in [1.29, 1.82) is 0 Å². The van der Waals surface area contributed by atoms with Gasteiger partial charge in [0.2, 0.25) is 6.79 Å². The van der Waals surface area contributed by atoms with Crippen LogP contribution in [0, 0.1) is 11.7 Å². The van der Waals surface area contributed by atoms with Crippen molar-refractivity contribution < 1.29 is 18.6 Å². The highest BCUT2D eigenvalue weighted by Gasteiger charge is 2.30. The molecule has 11 heteroatoms. The third-order valence-corrected chi connectivity index (χ3v) is 7.43.